The van der Waals surface area contributed by atoms with Gasteiger partial charge in [0.2, 0.25) is 17.7 Å². The lowest BCUT2D eigenvalue weighted by Crippen LogP contribution is -2.51. The van der Waals surface area contributed by atoms with Crippen LogP contribution in [0.1, 0.15) is 38.2 Å². The molecule has 1 aromatic carbocycles. The number of rotatable bonds is 6. The van der Waals surface area contributed by atoms with Crippen molar-refractivity contribution in [2.75, 3.05) is 13.1 Å². The number of carbonyl (C=O) groups excluding carboxylic acids is 3. The van der Waals surface area contributed by atoms with Crippen molar-refractivity contribution in [1.82, 2.24) is 15.5 Å². The standard InChI is InChI=1S/C21H27N3O3/c1-15(22-19(25)10-7-16-5-3-2-4-6-16)20(26)23-18-11-13-24(14-12-18)21(27)17-8-9-17/h2-7,10,15,17-18H,8-9,11-14H2,1H3,(H,22,25)(H,23,26). The molecule has 3 amide bonds. The van der Waals surface area contributed by atoms with Crippen LogP contribution >= 0.6 is 0 Å². The van der Waals surface area contributed by atoms with Gasteiger partial charge in [-0.25, -0.2) is 0 Å². The summed E-state index contributed by atoms with van der Waals surface area (Å²) in [5.41, 5.74) is 0.928. The molecule has 0 spiro atoms. The minimum atomic E-state index is -0.607. The van der Waals surface area contributed by atoms with Crippen molar-refractivity contribution in [2.45, 2.75) is 44.7 Å². The van der Waals surface area contributed by atoms with Crippen LogP contribution in [-0.2, 0) is 14.4 Å². The molecule has 1 aliphatic heterocycles. The van der Waals surface area contributed by atoms with Gasteiger partial charge in [0, 0.05) is 31.1 Å². The van der Waals surface area contributed by atoms with Crippen LogP contribution in [0.3, 0.4) is 0 Å². The number of hydrogen-bond donors (Lipinski definition) is 2. The second-order valence-corrected chi connectivity index (χ2v) is 7.36. The normalized spacial score (nSPS) is 18.9. The van der Waals surface area contributed by atoms with Crippen molar-refractivity contribution >= 4 is 23.8 Å². The van der Waals surface area contributed by atoms with Gasteiger partial charge in [0.1, 0.15) is 6.04 Å². The predicted molar refractivity (Wildman–Crippen MR) is 104 cm³/mol. The maximum Gasteiger partial charge on any atom is 0.244 e. The molecule has 2 N–H and O–H groups in total. The van der Waals surface area contributed by atoms with Crippen LogP contribution in [0.4, 0.5) is 0 Å². The van der Waals surface area contributed by atoms with E-state index in [9.17, 15) is 14.4 Å². The number of nitrogens with zero attached hydrogens (tertiary/aromatic N) is 1. The van der Waals surface area contributed by atoms with Gasteiger partial charge in [-0.05, 0) is 44.2 Å². The third kappa shape index (κ3) is 5.67. The molecule has 3 rings (SSSR count). The van der Waals surface area contributed by atoms with E-state index in [0.29, 0.717) is 13.1 Å². The zero-order valence-electron chi connectivity index (χ0n) is 15.7. The summed E-state index contributed by atoms with van der Waals surface area (Å²) in [6, 6.07) is 8.97. The zero-order valence-corrected chi connectivity index (χ0v) is 15.7. The van der Waals surface area contributed by atoms with Gasteiger partial charge in [0.25, 0.3) is 0 Å². The number of nitrogens with one attached hydrogen (secondary N) is 2. The van der Waals surface area contributed by atoms with E-state index in [1.165, 1.54) is 6.08 Å². The molecule has 1 aromatic rings. The maximum absolute atomic E-state index is 12.3. The topological polar surface area (TPSA) is 78.5 Å². The summed E-state index contributed by atoms with van der Waals surface area (Å²) >= 11 is 0. The first-order valence-corrected chi connectivity index (χ1v) is 9.65. The van der Waals surface area contributed by atoms with Gasteiger partial charge in [-0.1, -0.05) is 30.3 Å². The molecule has 6 heteroatoms. The van der Waals surface area contributed by atoms with E-state index in [4.69, 9.17) is 0 Å². The molecule has 27 heavy (non-hydrogen) atoms. The van der Waals surface area contributed by atoms with E-state index in [1.807, 2.05) is 35.2 Å². The molecule has 0 aromatic heterocycles. The second kappa shape index (κ2) is 8.84. The van der Waals surface area contributed by atoms with Crippen molar-refractivity contribution in [2.24, 2.45) is 5.92 Å². The van der Waals surface area contributed by atoms with Crippen molar-refractivity contribution in [3.05, 3.63) is 42.0 Å². The van der Waals surface area contributed by atoms with Crippen LogP contribution in [0.5, 0.6) is 0 Å². The Morgan fingerprint density at radius 1 is 1.07 bits per heavy atom. The first-order chi connectivity index (χ1) is 13.0. The van der Waals surface area contributed by atoms with E-state index in [2.05, 4.69) is 10.6 Å². The fourth-order valence-corrected chi connectivity index (χ4v) is 3.22. The summed E-state index contributed by atoms with van der Waals surface area (Å²) in [7, 11) is 0. The Morgan fingerprint density at radius 3 is 2.37 bits per heavy atom. The lowest BCUT2D eigenvalue weighted by molar-refractivity contribution is -0.134. The van der Waals surface area contributed by atoms with Gasteiger partial charge >= 0.3 is 0 Å². The Kier molecular flexibility index (Phi) is 6.27. The van der Waals surface area contributed by atoms with Gasteiger partial charge in [0.05, 0.1) is 0 Å². The van der Waals surface area contributed by atoms with Gasteiger partial charge in [-0.2, -0.15) is 0 Å². The summed E-state index contributed by atoms with van der Waals surface area (Å²) in [5.74, 6) is 0.0238. The smallest absolute Gasteiger partial charge is 0.244 e. The highest BCUT2D eigenvalue weighted by Crippen LogP contribution is 2.31. The van der Waals surface area contributed by atoms with Crippen LogP contribution < -0.4 is 10.6 Å². The Hall–Kier alpha value is -2.63. The van der Waals surface area contributed by atoms with E-state index in [1.54, 1.807) is 13.0 Å². The monoisotopic (exact) mass is 369 g/mol. The molecule has 0 radical (unpaired) electrons. The summed E-state index contributed by atoms with van der Waals surface area (Å²) in [5, 5.41) is 5.67. The quantitative estimate of drug-likeness (QED) is 0.750. The number of piperidine rings is 1. The molecule has 1 heterocycles. The highest BCUT2D eigenvalue weighted by Gasteiger charge is 2.35. The first-order valence-electron chi connectivity index (χ1n) is 9.65. The van der Waals surface area contributed by atoms with Crippen molar-refractivity contribution in [3.8, 4) is 0 Å². The zero-order chi connectivity index (χ0) is 19.2. The third-order valence-corrected chi connectivity index (χ3v) is 5.06. The number of amides is 3. The molecule has 1 aliphatic carbocycles. The lowest BCUT2D eigenvalue weighted by Gasteiger charge is -2.33. The molecular weight excluding hydrogens is 342 g/mol. The highest BCUT2D eigenvalue weighted by molar-refractivity contribution is 5.95. The number of likely N-dealkylation sites (tertiary alicyclic amines) is 1. The lowest BCUT2D eigenvalue weighted by atomic mass is 10.0. The summed E-state index contributed by atoms with van der Waals surface area (Å²) in [6.45, 7) is 3.07. The molecule has 1 atom stereocenters. The molecule has 6 nitrogen and oxygen atoms in total. The second-order valence-electron chi connectivity index (χ2n) is 7.36. The van der Waals surface area contributed by atoms with Gasteiger partial charge < -0.3 is 15.5 Å². The summed E-state index contributed by atoms with van der Waals surface area (Å²) in [6.07, 6.45) is 6.71. The number of carbonyl (C=O) groups is 3. The SMILES string of the molecule is CC(NC(=O)C=Cc1ccccc1)C(=O)NC1CCN(C(=O)C2CC2)CC1. The van der Waals surface area contributed by atoms with Crippen molar-refractivity contribution in [3.63, 3.8) is 0 Å². The molecule has 1 saturated carbocycles. The maximum atomic E-state index is 12.3. The van der Waals surface area contributed by atoms with Crippen LogP contribution in [0, 0.1) is 5.92 Å². The Balaban J connectivity index is 1.39. The van der Waals surface area contributed by atoms with Crippen LogP contribution in [0.25, 0.3) is 6.08 Å². The minimum absolute atomic E-state index is 0.0555. The average molecular weight is 369 g/mol. The Bertz CT molecular complexity index is 705. The van der Waals surface area contributed by atoms with Crippen molar-refractivity contribution in [1.29, 1.82) is 0 Å². The first kappa shape index (κ1) is 19.1. The Labute approximate surface area is 160 Å². The Morgan fingerprint density at radius 2 is 1.74 bits per heavy atom. The molecule has 1 unspecified atom stereocenters. The van der Waals surface area contributed by atoms with Gasteiger partial charge in [-0.15, -0.1) is 0 Å². The fourth-order valence-electron chi connectivity index (χ4n) is 3.22. The summed E-state index contributed by atoms with van der Waals surface area (Å²) in [4.78, 5) is 38.3. The molecule has 144 valence electrons. The fraction of sp³-hybridized carbons (Fsp3) is 0.476. The van der Waals surface area contributed by atoms with Gasteiger partial charge in [-0.3, -0.25) is 14.4 Å². The van der Waals surface area contributed by atoms with E-state index < -0.39 is 6.04 Å². The van der Waals surface area contributed by atoms with E-state index in [-0.39, 0.29) is 29.7 Å². The molecule has 2 fully saturated rings. The predicted octanol–water partition coefficient (Wildman–Crippen LogP) is 1.72. The molecular formula is C21H27N3O3. The van der Waals surface area contributed by atoms with Gasteiger partial charge in [0.15, 0.2) is 0 Å². The average Bonchev–Trinajstić information content (AvgIpc) is 3.52. The number of benzene rings is 1. The number of hydrogen-bond acceptors (Lipinski definition) is 3. The van der Waals surface area contributed by atoms with Crippen molar-refractivity contribution < 1.29 is 14.4 Å². The van der Waals surface area contributed by atoms with Crippen LogP contribution in [0.15, 0.2) is 36.4 Å². The largest absolute Gasteiger partial charge is 0.351 e. The molecule has 2 aliphatic rings. The summed E-state index contributed by atoms with van der Waals surface area (Å²) < 4.78 is 0. The van der Waals surface area contributed by atoms with Crippen LogP contribution in [-0.4, -0.2) is 47.8 Å². The van der Waals surface area contributed by atoms with E-state index in [0.717, 1.165) is 31.2 Å². The molecule has 0 bridgehead atoms. The van der Waals surface area contributed by atoms with E-state index >= 15 is 0 Å². The van der Waals surface area contributed by atoms with Crippen LogP contribution in [0.2, 0.25) is 0 Å². The minimum Gasteiger partial charge on any atom is -0.351 e. The highest BCUT2D eigenvalue weighted by atomic mass is 16.2. The third-order valence-electron chi connectivity index (χ3n) is 5.06. The molecule has 1 saturated heterocycles.